The number of halogens is 3. The summed E-state index contributed by atoms with van der Waals surface area (Å²) in [5, 5.41) is 0. The number of imidazole rings is 1. The summed E-state index contributed by atoms with van der Waals surface area (Å²) in [5.74, 6) is -4.21. The van der Waals surface area contributed by atoms with E-state index in [0.717, 1.165) is 22.3 Å². The zero-order chi connectivity index (χ0) is 14.4. The first-order valence-electron chi connectivity index (χ1n) is 5.74. The first kappa shape index (κ1) is 12.5. The van der Waals surface area contributed by atoms with Crippen molar-refractivity contribution in [1.82, 2.24) is 14.5 Å². The van der Waals surface area contributed by atoms with Crippen molar-refractivity contribution in [1.29, 1.82) is 0 Å². The molecule has 3 aromatic rings. The lowest BCUT2D eigenvalue weighted by Gasteiger charge is -2.08. The Bertz CT molecular complexity index is 826. The average Bonchev–Trinajstić information content (AvgIpc) is 2.75. The van der Waals surface area contributed by atoms with Crippen molar-refractivity contribution < 1.29 is 13.2 Å². The predicted molar refractivity (Wildman–Crippen MR) is 67.9 cm³/mol. The summed E-state index contributed by atoms with van der Waals surface area (Å²) in [5.41, 5.74) is 7.07. The monoisotopic (exact) mass is 278 g/mol. The number of hydrogen-bond acceptors (Lipinski definition) is 3. The summed E-state index contributed by atoms with van der Waals surface area (Å²) in [6.07, 6.45) is 1.51. The molecular weight excluding hydrogens is 269 g/mol. The Morgan fingerprint density at radius 1 is 1.10 bits per heavy atom. The van der Waals surface area contributed by atoms with Crippen molar-refractivity contribution in [3.05, 3.63) is 47.4 Å². The van der Waals surface area contributed by atoms with E-state index in [1.807, 2.05) is 0 Å². The minimum absolute atomic E-state index is 0.0493. The third kappa shape index (κ3) is 1.63. The summed E-state index contributed by atoms with van der Waals surface area (Å²) in [4.78, 5) is 8.15. The average molecular weight is 278 g/mol. The highest BCUT2D eigenvalue weighted by molar-refractivity contribution is 5.79. The number of fused-ring (bicyclic) bond motifs is 1. The molecule has 2 N–H and O–H groups in total. The predicted octanol–water partition coefficient (Wildman–Crippen LogP) is 2.73. The Balaban J connectivity index is 2.39. The second kappa shape index (κ2) is 4.22. The van der Waals surface area contributed by atoms with Crippen molar-refractivity contribution in [2.75, 3.05) is 5.73 Å². The van der Waals surface area contributed by atoms with Crippen LogP contribution in [0, 0.1) is 24.4 Å². The van der Waals surface area contributed by atoms with Gasteiger partial charge in [-0.1, -0.05) is 0 Å². The summed E-state index contributed by atoms with van der Waals surface area (Å²) < 4.78 is 41.4. The largest absolute Gasteiger partial charge is 0.369 e. The van der Waals surface area contributed by atoms with Gasteiger partial charge in [0, 0.05) is 6.20 Å². The highest BCUT2D eigenvalue weighted by atomic mass is 19.2. The van der Waals surface area contributed by atoms with Crippen molar-refractivity contribution in [3.63, 3.8) is 0 Å². The number of nitrogens with two attached hydrogens (primary N) is 1. The van der Waals surface area contributed by atoms with E-state index >= 15 is 0 Å². The number of rotatable bonds is 1. The van der Waals surface area contributed by atoms with Gasteiger partial charge in [-0.05, 0) is 30.7 Å². The van der Waals surface area contributed by atoms with Crippen LogP contribution in [0.5, 0.6) is 0 Å². The van der Waals surface area contributed by atoms with Gasteiger partial charge in [0.05, 0.1) is 5.69 Å². The van der Waals surface area contributed by atoms with Gasteiger partial charge >= 0.3 is 0 Å². The molecule has 0 aliphatic carbocycles. The molecule has 0 spiro atoms. The number of anilines is 1. The van der Waals surface area contributed by atoms with Crippen LogP contribution in [-0.4, -0.2) is 14.5 Å². The third-order valence-electron chi connectivity index (χ3n) is 3.03. The molecule has 7 heteroatoms. The Morgan fingerprint density at radius 2 is 1.85 bits per heavy atom. The summed E-state index contributed by atoms with van der Waals surface area (Å²) >= 11 is 0. The van der Waals surface area contributed by atoms with E-state index in [0.29, 0.717) is 5.52 Å². The standard InChI is InChI=1S/C13H9F3N4/c1-6-4-5-18-12-11(6)19-13(17)20(12)8-3-2-7(14)9(15)10(8)16/h2-5H,1H3,(H2,17,19). The molecule has 102 valence electrons. The summed E-state index contributed by atoms with van der Waals surface area (Å²) in [6, 6.07) is 3.64. The number of nitrogens with zero attached hydrogens (tertiary/aromatic N) is 3. The lowest BCUT2D eigenvalue weighted by Crippen LogP contribution is -2.06. The van der Waals surface area contributed by atoms with Gasteiger partial charge in [-0.25, -0.2) is 23.1 Å². The van der Waals surface area contributed by atoms with Crippen LogP contribution in [-0.2, 0) is 0 Å². The van der Waals surface area contributed by atoms with Crippen LogP contribution in [0.15, 0.2) is 24.4 Å². The van der Waals surface area contributed by atoms with E-state index in [1.54, 1.807) is 13.0 Å². The first-order chi connectivity index (χ1) is 9.50. The Kier molecular flexibility index (Phi) is 2.63. The highest BCUT2D eigenvalue weighted by Crippen LogP contribution is 2.26. The van der Waals surface area contributed by atoms with E-state index in [-0.39, 0.29) is 17.3 Å². The lowest BCUT2D eigenvalue weighted by molar-refractivity contribution is 0.445. The fraction of sp³-hybridized carbons (Fsp3) is 0.0769. The van der Waals surface area contributed by atoms with E-state index in [1.165, 1.54) is 6.20 Å². The SMILES string of the molecule is Cc1ccnc2c1nc(N)n2-c1ccc(F)c(F)c1F. The second-order valence-corrected chi connectivity index (χ2v) is 4.30. The Hall–Kier alpha value is -2.57. The lowest BCUT2D eigenvalue weighted by atomic mass is 10.2. The van der Waals surface area contributed by atoms with Crippen LogP contribution < -0.4 is 5.73 Å². The van der Waals surface area contributed by atoms with Gasteiger partial charge in [0.1, 0.15) is 5.52 Å². The molecule has 0 aliphatic rings. The normalized spacial score (nSPS) is 11.2. The van der Waals surface area contributed by atoms with Gasteiger partial charge in [0.15, 0.2) is 23.1 Å². The van der Waals surface area contributed by atoms with Gasteiger partial charge in [-0.2, -0.15) is 0 Å². The van der Waals surface area contributed by atoms with Crippen LogP contribution in [0.4, 0.5) is 19.1 Å². The molecule has 0 aliphatic heterocycles. The first-order valence-corrected chi connectivity index (χ1v) is 5.74. The van der Waals surface area contributed by atoms with Crippen LogP contribution in [0.25, 0.3) is 16.9 Å². The number of aromatic nitrogens is 3. The molecule has 1 aromatic carbocycles. The van der Waals surface area contributed by atoms with Gasteiger partial charge in [0.25, 0.3) is 0 Å². The smallest absolute Gasteiger partial charge is 0.207 e. The van der Waals surface area contributed by atoms with Crippen molar-refractivity contribution in [3.8, 4) is 5.69 Å². The maximum atomic E-state index is 13.9. The molecule has 3 rings (SSSR count). The minimum Gasteiger partial charge on any atom is -0.369 e. The van der Waals surface area contributed by atoms with Gasteiger partial charge in [-0.15, -0.1) is 0 Å². The van der Waals surface area contributed by atoms with Crippen LogP contribution >= 0.6 is 0 Å². The highest BCUT2D eigenvalue weighted by Gasteiger charge is 2.20. The molecule has 0 unspecified atom stereocenters. The third-order valence-corrected chi connectivity index (χ3v) is 3.03. The molecule has 0 radical (unpaired) electrons. The molecule has 2 heterocycles. The zero-order valence-electron chi connectivity index (χ0n) is 10.4. The van der Waals surface area contributed by atoms with E-state index < -0.39 is 17.5 Å². The molecule has 0 atom stereocenters. The van der Waals surface area contributed by atoms with Gasteiger partial charge in [0.2, 0.25) is 5.95 Å². The maximum absolute atomic E-state index is 13.9. The van der Waals surface area contributed by atoms with Gasteiger partial charge in [-0.3, -0.25) is 4.57 Å². The molecule has 0 saturated carbocycles. The van der Waals surface area contributed by atoms with Crippen molar-refractivity contribution in [2.45, 2.75) is 6.92 Å². The molecule has 20 heavy (non-hydrogen) atoms. The topological polar surface area (TPSA) is 56.7 Å². The number of aryl methyl sites for hydroxylation is 1. The van der Waals surface area contributed by atoms with E-state index in [4.69, 9.17) is 5.73 Å². The maximum Gasteiger partial charge on any atom is 0.207 e. The molecule has 0 fully saturated rings. The van der Waals surface area contributed by atoms with Crippen LogP contribution in [0.3, 0.4) is 0 Å². The van der Waals surface area contributed by atoms with Crippen LogP contribution in [0.2, 0.25) is 0 Å². The number of hydrogen-bond donors (Lipinski definition) is 1. The minimum atomic E-state index is -1.56. The van der Waals surface area contributed by atoms with Crippen molar-refractivity contribution >= 4 is 17.1 Å². The molecular formula is C13H9F3N4. The molecule has 0 amide bonds. The zero-order valence-corrected chi connectivity index (χ0v) is 10.4. The fourth-order valence-electron chi connectivity index (χ4n) is 2.04. The number of pyridine rings is 1. The van der Waals surface area contributed by atoms with Crippen LogP contribution in [0.1, 0.15) is 5.56 Å². The van der Waals surface area contributed by atoms with E-state index in [9.17, 15) is 13.2 Å². The summed E-state index contributed by atoms with van der Waals surface area (Å²) in [6.45, 7) is 1.79. The molecule has 4 nitrogen and oxygen atoms in total. The number of nitrogen functional groups attached to an aromatic ring is 1. The molecule has 0 saturated heterocycles. The quantitative estimate of drug-likeness (QED) is 0.696. The Labute approximate surface area is 111 Å². The Morgan fingerprint density at radius 3 is 2.60 bits per heavy atom. The second-order valence-electron chi connectivity index (χ2n) is 4.30. The molecule has 2 aromatic heterocycles. The van der Waals surface area contributed by atoms with Crippen molar-refractivity contribution in [2.24, 2.45) is 0 Å². The molecule has 0 bridgehead atoms. The fourth-order valence-corrected chi connectivity index (χ4v) is 2.04. The number of benzene rings is 1. The van der Waals surface area contributed by atoms with Gasteiger partial charge < -0.3 is 5.73 Å². The van der Waals surface area contributed by atoms with E-state index in [2.05, 4.69) is 9.97 Å². The summed E-state index contributed by atoms with van der Waals surface area (Å²) in [7, 11) is 0.